The summed E-state index contributed by atoms with van der Waals surface area (Å²) in [6, 6.07) is 12.0. The molecule has 1 N–H and O–H groups in total. The van der Waals surface area contributed by atoms with Gasteiger partial charge in [-0.1, -0.05) is 30.1 Å². The Kier molecular flexibility index (Phi) is 7.82. The van der Waals surface area contributed by atoms with E-state index in [9.17, 15) is 9.59 Å². The number of esters is 1. The maximum Gasteiger partial charge on any atom is 0.338 e. The summed E-state index contributed by atoms with van der Waals surface area (Å²) in [6.45, 7) is 3.96. The second-order valence-corrected chi connectivity index (χ2v) is 7.49. The molecular formula is C19H19Cl2NO3S. The van der Waals surface area contributed by atoms with E-state index in [4.69, 9.17) is 27.9 Å². The molecule has 0 saturated heterocycles. The quantitative estimate of drug-likeness (QED) is 0.470. The minimum absolute atomic E-state index is 0.154. The van der Waals surface area contributed by atoms with Crippen LogP contribution in [-0.2, 0) is 9.53 Å². The van der Waals surface area contributed by atoms with Gasteiger partial charge in [0, 0.05) is 9.92 Å². The third-order valence-electron chi connectivity index (χ3n) is 3.49. The largest absolute Gasteiger partial charge is 0.462 e. The van der Waals surface area contributed by atoms with Gasteiger partial charge in [0.1, 0.15) is 0 Å². The fraction of sp³-hybridized carbons (Fsp3) is 0.263. The van der Waals surface area contributed by atoms with Gasteiger partial charge in [-0.15, -0.1) is 11.8 Å². The molecule has 0 fully saturated rings. The molecule has 1 amide bonds. The lowest BCUT2D eigenvalue weighted by Crippen LogP contribution is -2.24. The molecule has 26 heavy (non-hydrogen) atoms. The Hall–Kier alpha value is -1.69. The number of anilines is 1. The van der Waals surface area contributed by atoms with Crippen molar-refractivity contribution < 1.29 is 14.3 Å². The standard InChI is InChI=1S/C19H19Cl2NO3S/c1-3-17(26-14-8-6-13(20)7-9-14)18(23)22-16-10-5-12(11-15(16)21)19(24)25-4-2/h5-11,17H,3-4H2,1-2H3,(H,22,23)/t17-/m0/s1. The van der Waals surface area contributed by atoms with Gasteiger partial charge in [-0.2, -0.15) is 0 Å². The number of carbonyl (C=O) groups is 2. The molecule has 2 aromatic carbocycles. The molecule has 0 aliphatic rings. The van der Waals surface area contributed by atoms with Gasteiger partial charge in [0.25, 0.3) is 0 Å². The summed E-state index contributed by atoms with van der Waals surface area (Å²) in [5.41, 5.74) is 0.803. The number of halogens is 2. The molecule has 0 aromatic heterocycles. The summed E-state index contributed by atoms with van der Waals surface area (Å²) in [7, 11) is 0. The van der Waals surface area contributed by atoms with Crippen LogP contribution in [0.25, 0.3) is 0 Å². The first kappa shape index (κ1) is 20.6. The van der Waals surface area contributed by atoms with Crippen LogP contribution in [0.1, 0.15) is 30.6 Å². The summed E-state index contributed by atoms with van der Waals surface area (Å²) in [4.78, 5) is 25.3. The second kappa shape index (κ2) is 9.86. The molecule has 0 heterocycles. The minimum Gasteiger partial charge on any atom is -0.462 e. The van der Waals surface area contributed by atoms with Crippen LogP contribution in [0.3, 0.4) is 0 Å². The third kappa shape index (κ3) is 5.66. The summed E-state index contributed by atoms with van der Waals surface area (Å²) in [5, 5.41) is 3.48. The summed E-state index contributed by atoms with van der Waals surface area (Å²) < 4.78 is 4.94. The van der Waals surface area contributed by atoms with Crippen molar-refractivity contribution in [3.63, 3.8) is 0 Å². The van der Waals surface area contributed by atoms with E-state index in [1.165, 1.54) is 17.8 Å². The topological polar surface area (TPSA) is 55.4 Å². The van der Waals surface area contributed by atoms with Crippen LogP contribution in [0.4, 0.5) is 5.69 Å². The Labute approximate surface area is 167 Å². The van der Waals surface area contributed by atoms with Gasteiger partial charge in [0.05, 0.1) is 28.1 Å². The number of benzene rings is 2. The molecule has 0 aliphatic carbocycles. The predicted molar refractivity (Wildman–Crippen MR) is 107 cm³/mol. The van der Waals surface area contributed by atoms with Crippen molar-refractivity contribution in [1.29, 1.82) is 0 Å². The predicted octanol–water partition coefficient (Wildman–Crippen LogP) is 5.68. The molecule has 0 bridgehead atoms. The number of carbonyl (C=O) groups excluding carboxylic acids is 2. The van der Waals surface area contributed by atoms with E-state index in [0.717, 1.165) is 4.90 Å². The first-order valence-electron chi connectivity index (χ1n) is 8.14. The fourth-order valence-corrected chi connectivity index (χ4v) is 3.48. The van der Waals surface area contributed by atoms with E-state index in [0.29, 0.717) is 22.7 Å². The monoisotopic (exact) mass is 411 g/mol. The smallest absolute Gasteiger partial charge is 0.338 e. The molecule has 138 valence electrons. The Morgan fingerprint density at radius 3 is 2.38 bits per heavy atom. The van der Waals surface area contributed by atoms with Gasteiger partial charge < -0.3 is 10.1 Å². The fourth-order valence-electron chi connectivity index (χ4n) is 2.17. The number of hydrogen-bond donors (Lipinski definition) is 1. The van der Waals surface area contributed by atoms with Crippen LogP contribution in [0.15, 0.2) is 47.4 Å². The number of hydrogen-bond acceptors (Lipinski definition) is 4. The van der Waals surface area contributed by atoms with Crippen LogP contribution >= 0.6 is 35.0 Å². The van der Waals surface area contributed by atoms with Crippen molar-refractivity contribution in [2.75, 3.05) is 11.9 Å². The Balaban J connectivity index is 2.07. The average Bonchev–Trinajstić information content (AvgIpc) is 2.63. The molecule has 1 atom stereocenters. The summed E-state index contributed by atoms with van der Waals surface area (Å²) in [6.07, 6.45) is 0.650. The molecule has 2 rings (SSSR count). The van der Waals surface area contributed by atoms with Crippen LogP contribution < -0.4 is 5.32 Å². The third-order valence-corrected chi connectivity index (χ3v) is 5.43. The molecule has 0 spiro atoms. The number of ether oxygens (including phenoxy) is 1. The molecule has 4 nitrogen and oxygen atoms in total. The Morgan fingerprint density at radius 2 is 1.81 bits per heavy atom. The molecule has 0 aliphatic heterocycles. The van der Waals surface area contributed by atoms with E-state index in [2.05, 4.69) is 5.32 Å². The lowest BCUT2D eigenvalue weighted by Gasteiger charge is -2.16. The van der Waals surface area contributed by atoms with Crippen LogP contribution in [-0.4, -0.2) is 23.7 Å². The molecule has 2 aromatic rings. The van der Waals surface area contributed by atoms with Gasteiger partial charge in [0.2, 0.25) is 5.91 Å². The first-order valence-corrected chi connectivity index (χ1v) is 9.77. The summed E-state index contributed by atoms with van der Waals surface area (Å²) >= 11 is 13.5. The van der Waals surface area contributed by atoms with Crippen molar-refractivity contribution >= 4 is 52.5 Å². The van der Waals surface area contributed by atoms with Crippen molar-refractivity contribution in [3.05, 3.63) is 58.1 Å². The van der Waals surface area contributed by atoms with Crippen LogP contribution in [0.2, 0.25) is 10.0 Å². The molecular weight excluding hydrogens is 393 g/mol. The van der Waals surface area contributed by atoms with Gasteiger partial charge in [0.15, 0.2) is 0 Å². The highest BCUT2D eigenvalue weighted by Gasteiger charge is 2.19. The molecule has 0 radical (unpaired) electrons. The number of nitrogens with one attached hydrogen (secondary N) is 1. The number of thioether (sulfide) groups is 1. The maximum atomic E-state index is 12.6. The number of rotatable bonds is 7. The average molecular weight is 412 g/mol. The van der Waals surface area contributed by atoms with Gasteiger partial charge >= 0.3 is 5.97 Å². The van der Waals surface area contributed by atoms with Crippen LogP contribution in [0.5, 0.6) is 0 Å². The first-order chi connectivity index (χ1) is 12.4. The van der Waals surface area contributed by atoms with Crippen LogP contribution in [0, 0.1) is 0 Å². The highest BCUT2D eigenvalue weighted by molar-refractivity contribution is 8.00. The highest BCUT2D eigenvalue weighted by atomic mass is 35.5. The lowest BCUT2D eigenvalue weighted by atomic mass is 10.2. The van der Waals surface area contributed by atoms with E-state index in [1.54, 1.807) is 31.2 Å². The van der Waals surface area contributed by atoms with E-state index < -0.39 is 5.97 Å². The van der Waals surface area contributed by atoms with Crippen molar-refractivity contribution in [2.45, 2.75) is 30.4 Å². The van der Waals surface area contributed by atoms with E-state index in [1.807, 2.05) is 19.1 Å². The Morgan fingerprint density at radius 1 is 1.12 bits per heavy atom. The van der Waals surface area contributed by atoms with Crippen molar-refractivity contribution in [2.24, 2.45) is 0 Å². The zero-order valence-corrected chi connectivity index (χ0v) is 16.8. The zero-order chi connectivity index (χ0) is 19.1. The van der Waals surface area contributed by atoms with Gasteiger partial charge in [-0.3, -0.25) is 4.79 Å². The van der Waals surface area contributed by atoms with E-state index in [-0.39, 0.29) is 22.8 Å². The normalized spacial score (nSPS) is 11.7. The zero-order valence-electron chi connectivity index (χ0n) is 14.4. The van der Waals surface area contributed by atoms with E-state index >= 15 is 0 Å². The second-order valence-electron chi connectivity index (χ2n) is 5.37. The minimum atomic E-state index is -0.447. The lowest BCUT2D eigenvalue weighted by molar-refractivity contribution is -0.115. The van der Waals surface area contributed by atoms with Gasteiger partial charge in [-0.25, -0.2) is 4.79 Å². The van der Waals surface area contributed by atoms with Crippen molar-refractivity contribution in [3.8, 4) is 0 Å². The number of amides is 1. The molecule has 0 saturated carbocycles. The summed E-state index contributed by atoms with van der Waals surface area (Å²) in [5.74, 6) is -0.602. The van der Waals surface area contributed by atoms with Gasteiger partial charge in [-0.05, 0) is 55.8 Å². The SMILES string of the molecule is CCOC(=O)c1ccc(NC(=O)[C@H](CC)Sc2ccc(Cl)cc2)c(Cl)c1. The highest BCUT2D eigenvalue weighted by Crippen LogP contribution is 2.29. The van der Waals surface area contributed by atoms with Crippen molar-refractivity contribution in [1.82, 2.24) is 0 Å². The molecule has 7 heteroatoms. The maximum absolute atomic E-state index is 12.6. The Bertz CT molecular complexity index is 781. The molecule has 0 unspecified atom stereocenters.